The maximum absolute atomic E-state index is 12.5. The van der Waals surface area contributed by atoms with E-state index in [4.69, 9.17) is 9.47 Å². The zero-order chi connectivity index (χ0) is 20.7. The number of para-hydroxylation sites is 1. The molecule has 0 bridgehead atoms. The Kier molecular flexibility index (Phi) is 7.76. The predicted octanol–water partition coefficient (Wildman–Crippen LogP) is 4.92. The van der Waals surface area contributed by atoms with E-state index in [1.165, 1.54) is 0 Å². The van der Waals surface area contributed by atoms with Gasteiger partial charge >= 0.3 is 5.97 Å². The van der Waals surface area contributed by atoms with Crippen LogP contribution >= 0.6 is 0 Å². The van der Waals surface area contributed by atoms with E-state index in [-0.39, 0.29) is 17.9 Å². The zero-order valence-electron chi connectivity index (χ0n) is 17.2. The van der Waals surface area contributed by atoms with Gasteiger partial charge in [0.25, 0.3) is 5.91 Å². The van der Waals surface area contributed by atoms with E-state index >= 15 is 0 Å². The molecule has 0 fully saturated rings. The van der Waals surface area contributed by atoms with E-state index in [2.05, 4.69) is 19.2 Å². The summed E-state index contributed by atoms with van der Waals surface area (Å²) in [6.45, 7) is 10.1. The van der Waals surface area contributed by atoms with Crippen molar-refractivity contribution in [3.8, 4) is 0 Å². The third kappa shape index (κ3) is 6.20. The van der Waals surface area contributed by atoms with E-state index in [0.29, 0.717) is 12.2 Å². The van der Waals surface area contributed by atoms with Crippen molar-refractivity contribution in [3.05, 3.63) is 65.2 Å². The van der Waals surface area contributed by atoms with Crippen molar-refractivity contribution in [2.75, 3.05) is 5.32 Å². The lowest BCUT2D eigenvalue weighted by atomic mass is 10.0. The summed E-state index contributed by atoms with van der Waals surface area (Å²) in [5.41, 5.74) is 3.14. The first-order valence-electron chi connectivity index (χ1n) is 9.59. The molecule has 5 heteroatoms. The highest BCUT2D eigenvalue weighted by molar-refractivity contribution is 5.97. The molecule has 0 aromatic heterocycles. The molecule has 0 unspecified atom stereocenters. The molecule has 150 valence electrons. The average molecular weight is 383 g/mol. The molecule has 28 heavy (non-hydrogen) atoms. The summed E-state index contributed by atoms with van der Waals surface area (Å²) < 4.78 is 10.9. The average Bonchev–Trinajstić information content (AvgIpc) is 2.66. The Balaban J connectivity index is 1.95. The van der Waals surface area contributed by atoms with Crippen LogP contribution in [-0.2, 0) is 20.9 Å². The molecule has 0 radical (unpaired) electrons. The van der Waals surface area contributed by atoms with Gasteiger partial charge in [-0.1, -0.05) is 44.2 Å². The smallest absolute Gasteiger partial charge is 0.338 e. The number of ether oxygens (including phenoxy) is 2. The lowest BCUT2D eigenvalue weighted by molar-refractivity contribution is -0.123. The van der Waals surface area contributed by atoms with Gasteiger partial charge < -0.3 is 14.8 Å². The lowest BCUT2D eigenvalue weighted by Crippen LogP contribution is -2.30. The molecule has 2 aromatic rings. The van der Waals surface area contributed by atoms with Gasteiger partial charge in [0.15, 0.2) is 6.10 Å². The number of benzene rings is 2. The molecular formula is C23H29NO4. The molecule has 0 saturated carbocycles. The first-order valence-corrected chi connectivity index (χ1v) is 9.59. The number of hydrogen-bond donors (Lipinski definition) is 1. The molecule has 0 spiro atoms. The Bertz CT molecular complexity index is 797. The SMILES string of the molecule is CC(C)OCc1ccc(C(=O)O[C@@H](C)C(=O)Nc2ccccc2C(C)C)cc1. The summed E-state index contributed by atoms with van der Waals surface area (Å²) in [6.07, 6.45) is -0.763. The highest BCUT2D eigenvalue weighted by atomic mass is 16.5. The van der Waals surface area contributed by atoms with Gasteiger partial charge in [-0.05, 0) is 56.0 Å². The molecule has 1 amide bonds. The summed E-state index contributed by atoms with van der Waals surface area (Å²) >= 11 is 0. The molecule has 5 nitrogen and oxygen atoms in total. The molecule has 2 rings (SSSR count). The largest absolute Gasteiger partial charge is 0.449 e. The van der Waals surface area contributed by atoms with Gasteiger partial charge in [-0.2, -0.15) is 0 Å². The zero-order valence-corrected chi connectivity index (χ0v) is 17.2. The van der Waals surface area contributed by atoms with Gasteiger partial charge in [-0.3, -0.25) is 4.79 Å². The van der Waals surface area contributed by atoms with Crippen molar-refractivity contribution in [2.45, 2.75) is 59.4 Å². The number of carbonyl (C=O) groups excluding carboxylic acids is 2. The van der Waals surface area contributed by atoms with Gasteiger partial charge in [0.1, 0.15) is 0 Å². The van der Waals surface area contributed by atoms with E-state index in [1.54, 1.807) is 19.1 Å². The number of hydrogen-bond acceptors (Lipinski definition) is 4. The highest BCUT2D eigenvalue weighted by Gasteiger charge is 2.20. The second-order valence-corrected chi connectivity index (χ2v) is 7.34. The van der Waals surface area contributed by atoms with Crippen LogP contribution in [-0.4, -0.2) is 24.1 Å². The van der Waals surface area contributed by atoms with E-state index in [9.17, 15) is 9.59 Å². The van der Waals surface area contributed by atoms with Crippen molar-refractivity contribution in [3.63, 3.8) is 0 Å². The molecule has 0 saturated heterocycles. The fourth-order valence-corrected chi connectivity index (χ4v) is 2.63. The van der Waals surface area contributed by atoms with Crippen LogP contribution in [0.3, 0.4) is 0 Å². The number of rotatable bonds is 8. The van der Waals surface area contributed by atoms with Crippen LogP contribution < -0.4 is 5.32 Å². The van der Waals surface area contributed by atoms with Crippen LogP contribution in [0.5, 0.6) is 0 Å². The Labute approximate surface area is 167 Å². The first kappa shape index (κ1) is 21.6. The monoisotopic (exact) mass is 383 g/mol. The minimum atomic E-state index is -0.906. The second-order valence-electron chi connectivity index (χ2n) is 7.34. The summed E-state index contributed by atoms with van der Waals surface area (Å²) in [7, 11) is 0. The quantitative estimate of drug-likeness (QED) is 0.657. The number of carbonyl (C=O) groups is 2. The molecule has 0 aliphatic rings. The van der Waals surface area contributed by atoms with Gasteiger partial charge in [0.2, 0.25) is 0 Å². The van der Waals surface area contributed by atoms with Crippen molar-refractivity contribution in [1.82, 2.24) is 0 Å². The van der Waals surface area contributed by atoms with E-state index < -0.39 is 12.1 Å². The number of nitrogens with one attached hydrogen (secondary N) is 1. The maximum Gasteiger partial charge on any atom is 0.338 e. The molecule has 1 atom stereocenters. The number of esters is 1. The highest BCUT2D eigenvalue weighted by Crippen LogP contribution is 2.24. The molecule has 0 aliphatic carbocycles. The molecule has 2 aromatic carbocycles. The summed E-state index contributed by atoms with van der Waals surface area (Å²) in [4.78, 5) is 24.8. The van der Waals surface area contributed by atoms with Crippen LogP contribution in [0.15, 0.2) is 48.5 Å². The van der Waals surface area contributed by atoms with Crippen molar-refractivity contribution < 1.29 is 19.1 Å². The third-order valence-corrected chi connectivity index (χ3v) is 4.27. The topological polar surface area (TPSA) is 64.6 Å². The van der Waals surface area contributed by atoms with Gasteiger partial charge in [-0.15, -0.1) is 0 Å². The van der Waals surface area contributed by atoms with Gasteiger partial charge in [0, 0.05) is 5.69 Å². The molecule has 0 heterocycles. The Hall–Kier alpha value is -2.66. The van der Waals surface area contributed by atoms with Crippen molar-refractivity contribution >= 4 is 17.6 Å². The normalized spacial score (nSPS) is 12.1. The Morgan fingerprint density at radius 1 is 0.929 bits per heavy atom. The van der Waals surface area contributed by atoms with E-state index in [0.717, 1.165) is 16.8 Å². The van der Waals surface area contributed by atoms with Crippen LogP contribution in [0.4, 0.5) is 5.69 Å². The van der Waals surface area contributed by atoms with Crippen LogP contribution in [0, 0.1) is 0 Å². The van der Waals surface area contributed by atoms with E-state index in [1.807, 2.05) is 50.2 Å². The van der Waals surface area contributed by atoms with Crippen molar-refractivity contribution in [1.29, 1.82) is 0 Å². The van der Waals surface area contributed by atoms with Crippen LogP contribution in [0.1, 0.15) is 62.0 Å². The molecule has 0 aliphatic heterocycles. The minimum absolute atomic E-state index is 0.143. The lowest BCUT2D eigenvalue weighted by Gasteiger charge is -2.17. The number of amides is 1. The van der Waals surface area contributed by atoms with Crippen LogP contribution in [0.2, 0.25) is 0 Å². The molecular weight excluding hydrogens is 354 g/mol. The Morgan fingerprint density at radius 2 is 1.57 bits per heavy atom. The third-order valence-electron chi connectivity index (χ3n) is 4.27. The second kappa shape index (κ2) is 10.0. The summed E-state index contributed by atoms with van der Waals surface area (Å²) in [6, 6.07) is 14.6. The van der Waals surface area contributed by atoms with Gasteiger partial charge in [0.05, 0.1) is 18.3 Å². The Morgan fingerprint density at radius 3 is 2.18 bits per heavy atom. The fraction of sp³-hybridized carbons (Fsp3) is 0.391. The van der Waals surface area contributed by atoms with Gasteiger partial charge in [-0.25, -0.2) is 4.79 Å². The van der Waals surface area contributed by atoms with Crippen LogP contribution in [0.25, 0.3) is 0 Å². The predicted molar refractivity (Wildman–Crippen MR) is 110 cm³/mol. The fourth-order valence-electron chi connectivity index (χ4n) is 2.63. The molecule has 1 N–H and O–H groups in total. The summed E-state index contributed by atoms with van der Waals surface area (Å²) in [5.74, 6) is -0.618. The number of anilines is 1. The summed E-state index contributed by atoms with van der Waals surface area (Å²) in [5, 5.41) is 2.85. The standard InChI is InChI=1S/C23H29NO4/c1-15(2)20-8-6-7-9-21(20)24-22(25)17(5)28-23(26)19-12-10-18(11-13-19)14-27-16(3)4/h6-13,15-17H,14H2,1-5H3,(H,24,25)/t17-/m0/s1. The van der Waals surface area contributed by atoms with Crippen molar-refractivity contribution in [2.24, 2.45) is 0 Å². The minimum Gasteiger partial charge on any atom is -0.449 e. The maximum atomic E-state index is 12.5. The first-order chi connectivity index (χ1) is 13.3.